The first-order chi connectivity index (χ1) is 5.55. The van der Waals surface area contributed by atoms with E-state index < -0.39 is 10.0 Å². The normalized spacial score (nSPS) is 21.8. The zero-order chi connectivity index (χ0) is 9.19. The first-order valence-electron chi connectivity index (χ1n) is 4.26. The lowest BCUT2D eigenvalue weighted by Gasteiger charge is -2.32. The van der Waals surface area contributed by atoms with E-state index in [1.807, 2.05) is 6.92 Å². The van der Waals surface area contributed by atoms with Crippen LogP contribution in [-0.2, 0) is 10.0 Å². The summed E-state index contributed by atoms with van der Waals surface area (Å²) >= 11 is 0. The second kappa shape index (κ2) is 3.72. The van der Waals surface area contributed by atoms with Gasteiger partial charge in [0.2, 0.25) is 10.0 Å². The van der Waals surface area contributed by atoms with E-state index in [1.54, 1.807) is 6.92 Å². The van der Waals surface area contributed by atoms with Crippen LogP contribution in [-0.4, -0.2) is 33.3 Å². The molecule has 72 valence electrons. The summed E-state index contributed by atoms with van der Waals surface area (Å²) in [5.74, 6) is 0.628. The van der Waals surface area contributed by atoms with Gasteiger partial charge in [-0.3, -0.25) is 0 Å². The lowest BCUT2D eigenvalue weighted by atomic mass is 9.96. The molecule has 0 saturated carbocycles. The van der Waals surface area contributed by atoms with Crippen LogP contribution in [0.1, 0.15) is 13.8 Å². The molecule has 0 aromatic heterocycles. The van der Waals surface area contributed by atoms with Gasteiger partial charge in [0.15, 0.2) is 0 Å². The van der Waals surface area contributed by atoms with E-state index in [0.29, 0.717) is 5.92 Å². The van der Waals surface area contributed by atoms with Crippen LogP contribution in [0.25, 0.3) is 0 Å². The molecule has 2 N–H and O–H groups in total. The summed E-state index contributed by atoms with van der Waals surface area (Å²) in [6.45, 7) is 5.41. The van der Waals surface area contributed by atoms with Crippen LogP contribution in [0.15, 0.2) is 0 Å². The van der Waals surface area contributed by atoms with Crippen LogP contribution in [0.5, 0.6) is 0 Å². The number of hydrogen-bond acceptors (Lipinski definition) is 3. The molecule has 1 aliphatic heterocycles. The van der Waals surface area contributed by atoms with Crippen LogP contribution >= 0.6 is 0 Å². The number of nitrogens with one attached hydrogen (secondary N) is 2. The average molecular weight is 192 g/mol. The van der Waals surface area contributed by atoms with Crippen molar-refractivity contribution in [2.45, 2.75) is 19.9 Å². The van der Waals surface area contributed by atoms with Crippen molar-refractivity contribution in [1.29, 1.82) is 0 Å². The lowest BCUT2D eigenvalue weighted by Crippen LogP contribution is -2.53. The molecular formula is C7H16N2O2S. The van der Waals surface area contributed by atoms with Crippen molar-refractivity contribution >= 4 is 10.0 Å². The van der Waals surface area contributed by atoms with Gasteiger partial charge in [-0.1, -0.05) is 0 Å². The zero-order valence-electron chi connectivity index (χ0n) is 7.50. The van der Waals surface area contributed by atoms with Gasteiger partial charge in [0.1, 0.15) is 0 Å². The summed E-state index contributed by atoms with van der Waals surface area (Å²) < 4.78 is 24.9. The van der Waals surface area contributed by atoms with E-state index in [9.17, 15) is 8.42 Å². The predicted octanol–water partition coefficient (Wildman–Crippen LogP) is -0.466. The molecule has 4 nitrogen and oxygen atoms in total. The second-order valence-corrected chi connectivity index (χ2v) is 5.27. The summed E-state index contributed by atoms with van der Waals surface area (Å²) in [6.07, 6.45) is 0. The van der Waals surface area contributed by atoms with Crippen LogP contribution in [0.3, 0.4) is 0 Å². The Hall–Kier alpha value is -0.130. The molecule has 1 saturated heterocycles. The fourth-order valence-corrected chi connectivity index (χ4v) is 2.05. The van der Waals surface area contributed by atoms with E-state index in [0.717, 1.165) is 13.1 Å². The highest BCUT2D eigenvalue weighted by Crippen LogP contribution is 2.09. The van der Waals surface area contributed by atoms with Gasteiger partial charge >= 0.3 is 0 Å². The largest absolute Gasteiger partial charge is 0.316 e. The first kappa shape index (κ1) is 9.95. The fourth-order valence-electron chi connectivity index (χ4n) is 1.13. The third-order valence-corrected chi connectivity index (χ3v) is 3.76. The highest BCUT2D eigenvalue weighted by molar-refractivity contribution is 7.89. The molecule has 0 radical (unpaired) electrons. The highest BCUT2D eigenvalue weighted by Gasteiger charge is 2.25. The molecule has 12 heavy (non-hydrogen) atoms. The number of rotatable bonds is 4. The van der Waals surface area contributed by atoms with Crippen LogP contribution < -0.4 is 10.0 Å². The molecule has 0 spiro atoms. The number of sulfonamides is 1. The highest BCUT2D eigenvalue weighted by atomic mass is 32.2. The van der Waals surface area contributed by atoms with Gasteiger partial charge in [-0.15, -0.1) is 0 Å². The minimum Gasteiger partial charge on any atom is -0.316 e. The van der Waals surface area contributed by atoms with E-state index in [2.05, 4.69) is 10.0 Å². The molecule has 1 aliphatic rings. The molecule has 0 amide bonds. The quantitative estimate of drug-likeness (QED) is 0.633. The van der Waals surface area contributed by atoms with E-state index in [1.165, 1.54) is 0 Å². The molecule has 5 heteroatoms. The Morgan fingerprint density at radius 3 is 2.50 bits per heavy atom. The summed E-state index contributed by atoms with van der Waals surface area (Å²) in [7, 11) is -3.02. The Bertz CT molecular complexity index is 234. The summed E-state index contributed by atoms with van der Waals surface area (Å²) in [6, 6.07) is 0.0659. The van der Waals surface area contributed by atoms with Gasteiger partial charge in [-0.2, -0.15) is 0 Å². The van der Waals surface area contributed by atoms with Crippen molar-refractivity contribution in [2.75, 3.05) is 18.8 Å². The van der Waals surface area contributed by atoms with Crippen LogP contribution in [0, 0.1) is 5.92 Å². The Kier molecular flexibility index (Phi) is 3.09. The van der Waals surface area contributed by atoms with Crippen molar-refractivity contribution in [3.8, 4) is 0 Å². The van der Waals surface area contributed by atoms with Crippen LogP contribution in [0.4, 0.5) is 0 Å². The van der Waals surface area contributed by atoms with Gasteiger partial charge in [-0.05, 0) is 19.8 Å². The van der Waals surface area contributed by atoms with Crippen molar-refractivity contribution in [3.05, 3.63) is 0 Å². The molecule has 0 aromatic rings. The smallest absolute Gasteiger partial charge is 0.211 e. The molecule has 1 fully saturated rings. The molecule has 1 rings (SSSR count). The van der Waals surface area contributed by atoms with Gasteiger partial charge < -0.3 is 5.32 Å². The molecule has 0 bridgehead atoms. The first-order valence-corrected chi connectivity index (χ1v) is 5.91. The second-order valence-electron chi connectivity index (χ2n) is 3.23. The Morgan fingerprint density at radius 2 is 2.17 bits per heavy atom. The minimum atomic E-state index is -3.02. The maximum Gasteiger partial charge on any atom is 0.211 e. The van der Waals surface area contributed by atoms with Crippen LogP contribution in [0.2, 0.25) is 0 Å². The zero-order valence-corrected chi connectivity index (χ0v) is 8.32. The standard InChI is InChI=1S/C7H16N2O2S/c1-3-12(10,11)9-6(2)7-4-8-5-7/h6-9H,3-5H2,1-2H3. The van der Waals surface area contributed by atoms with Gasteiger partial charge in [0.05, 0.1) is 5.75 Å². The molecular weight excluding hydrogens is 176 g/mol. The van der Waals surface area contributed by atoms with Crippen molar-refractivity contribution in [1.82, 2.24) is 10.0 Å². The average Bonchev–Trinajstić information content (AvgIpc) is 1.82. The topological polar surface area (TPSA) is 58.2 Å². The Balaban J connectivity index is 2.39. The van der Waals surface area contributed by atoms with E-state index in [-0.39, 0.29) is 11.8 Å². The van der Waals surface area contributed by atoms with Gasteiger partial charge in [0, 0.05) is 19.1 Å². The summed E-state index contributed by atoms with van der Waals surface area (Å²) in [5, 5.41) is 3.11. The molecule has 1 unspecified atom stereocenters. The van der Waals surface area contributed by atoms with E-state index >= 15 is 0 Å². The van der Waals surface area contributed by atoms with Crippen molar-refractivity contribution in [2.24, 2.45) is 5.92 Å². The third kappa shape index (κ3) is 2.43. The maximum atomic E-state index is 11.1. The summed E-state index contributed by atoms with van der Waals surface area (Å²) in [5.41, 5.74) is 0. The van der Waals surface area contributed by atoms with Crippen molar-refractivity contribution < 1.29 is 8.42 Å². The Morgan fingerprint density at radius 1 is 1.58 bits per heavy atom. The SMILES string of the molecule is CCS(=O)(=O)NC(C)C1CNC1. The summed E-state index contributed by atoms with van der Waals surface area (Å²) in [4.78, 5) is 0. The minimum absolute atomic E-state index is 0.0659. The maximum absolute atomic E-state index is 11.1. The third-order valence-electron chi connectivity index (χ3n) is 2.27. The predicted molar refractivity (Wildman–Crippen MR) is 48.4 cm³/mol. The molecule has 0 aliphatic carbocycles. The lowest BCUT2D eigenvalue weighted by molar-refractivity contribution is 0.290. The van der Waals surface area contributed by atoms with Gasteiger partial charge in [-0.25, -0.2) is 13.1 Å². The monoisotopic (exact) mass is 192 g/mol. The van der Waals surface area contributed by atoms with E-state index in [4.69, 9.17) is 0 Å². The molecule has 1 atom stereocenters. The molecule has 1 heterocycles. The molecule has 0 aromatic carbocycles. The Labute approximate surface area is 73.8 Å². The van der Waals surface area contributed by atoms with Crippen molar-refractivity contribution in [3.63, 3.8) is 0 Å². The number of hydrogen-bond donors (Lipinski definition) is 2. The fraction of sp³-hybridized carbons (Fsp3) is 1.00. The van der Waals surface area contributed by atoms with Gasteiger partial charge in [0.25, 0.3) is 0 Å².